The van der Waals surface area contributed by atoms with Crippen molar-refractivity contribution in [2.24, 2.45) is 0 Å². The van der Waals surface area contributed by atoms with Crippen LogP contribution in [0.1, 0.15) is 29.1 Å². The average molecular weight is 305 g/mol. The number of carbonyl (C=O) groups excluding carboxylic acids is 1. The van der Waals surface area contributed by atoms with Gasteiger partial charge < -0.3 is 9.64 Å². The Morgan fingerprint density at radius 2 is 2.33 bits per heavy atom. The van der Waals surface area contributed by atoms with Crippen LogP contribution in [0.5, 0.6) is 0 Å². The van der Waals surface area contributed by atoms with Crippen molar-refractivity contribution >= 4 is 22.2 Å². The lowest BCUT2D eigenvalue weighted by molar-refractivity contribution is -0.127. The molecule has 0 fully saturated rings. The molecule has 1 amide bonds. The zero-order valence-electron chi connectivity index (χ0n) is 12.5. The number of imidazole rings is 1. The predicted molar refractivity (Wildman–Crippen MR) is 82.3 cm³/mol. The Hall–Kier alpha value is -1.82. The summed E-state index contributed by atoms with van der Waals surface area (Å²) in [6.07, 6.45) is 5.39. The van der Waals surface area contributed by atoms with Crippen molar-refractivity contribution in [3.05, 3.63) is 34.3 Å². The smallest absolute Gasteiger partial charge is 0.252 e. The molecule has 0 aliphatic carbocycles. The highest BCUT2D eigenvalue weighted by Gasteiger charge is 2.20. The lowest BCUT2D eigenvalue weighted by atomic mass is 10.1. The topological polar surface area (TPSA) is 46.8 Å². The number of rotatable bonds is 3. The number of nitrogens with zero attached hydrogens (tertiary/aromatic N) is 3. The quantitative estimate of drug-likeness (QED) is 0.876. The summed E-state index contributed by atoms with van der Waals surface area (Å²) in [7, 11) is 1.83. The zero-order valence-corrected chi connectivity index (χ0v) is 13.4. The van der Waals surface area contributed by atoms with Gasteiger partial charge in [0, 0.05) is 18.1 Å². The van der Waals surface area contributed by atoms with Gasteiger partial charge in [0.15, 0.2) is 4.96 Å². The van der Waals surface area contributed by atoms with E-state index in [1.54, 1.807) is 22.5 Å². The molecule has 6 heteroatoms. The Bertz CT molecular complexity index is 714. The third-order valence-electron chi connectivity index (χ3n) is 3.68. The molecular formula is C15H19N3O2S. The van der Waals surface area contributed by atoms with E-state index in [-0.39, 0.29) is 5.91 Å². The molecule has 0 aromatic carbocycles. The van der Waals surface area contributed by atoms with E-state index in [0.717, 1.165) is 34.8 Å². The Morgan fingerprint density at radius 3 is 3.05 bits per heavy atom. The van der Waals surface area contributed by atoms with Crippen molar-refractivity contribution in [1.29, 1.82) is 0 Å². The van der Waals surface area contributed by atoms with Crippen molar-refractivity contribution in [2.45, 2.75) is 33.2 Å². The Balaban J connectivity index is 1.82. The van der Waals surface area contributed by atoms with E-state index >= 15 is 0 Å². The van der Waals surface area contributed by atoms with Gasteiger partial charge in [0.05, 0.1) is 36.4 Å². The highest BCUT2D eigenvalue weighted by Crippen LogP contribution is 2.22. The van der Waals surface area contributed by atoms with Crippen molar-refractivity contribution in [3.63, 3.8) is 0 Å². The van der Waals surface area contributed by atoms with E-state index in [1.807, 2.05) is 14.0 Å². The molecule has 0 radical (unpaired) electrons. The predicted octanol–water partition coefficient (Wildman–Crippen LogP) is 2.67. The van der Waals surface area contributed by atoms with Crippen molar-refractivity contribution < 1.29 is 9.53 Å². The summed E-state index contributed by atoms with van der Waals surface area (Å²) >= 11 is 1.67. The third-order valence-corrected chi connectivity index (χ3v) is 4.58. The summed E-state index contributed by atoms with van der Waals surface area (Å²) in [5.74, 6) is 0.0380. The number of carbonyl (C=O) groups is 1. The van der Waals surface area contributed by atoms with E-state index in [9.17, 15) is 4.79 Å². The summed E-state index contributed by atoms with van der Waals surface area (Å²) in [6.45, 7) is 5.32. The minimum Gasteiger partial charge on any atom is -0.501 e. The van der Waals surface area contributed by atoms with Crippen LogP contribution in [0.3, 0.4) is 0 Å². The van der Waals surface area contributed by atoms with E-state index in [4.69, 9.17) is 4.74 Å². The number of hydrogen-bond donors (Lipinski definition) is 0. The summed E-state index contributed by atoms with van der Waals surface area (Å²) in [4.78, 5) is 20.9. The van der Waals surface area contributed by atoms with Gasteiger partial charge in [-0.3, -0.25) is 9.20 Å². The first-order chi connectivity index (χ1) is 10.1. The molecule has 0 spiro atoms. The summed E-state index contributed by atoms with van der Waals surface area (Å²) in [5, 5.41) is 0. The zero-order chi connectivity index (χ0) is 15.0. The molecule has 0 atom stereocenters. The molecule has 3 heterocycles. The first-order valence-electron chi connectivity index (χ1n) is 7.06. The SMILES string of the molecule is Cc1cn2c(CN(C)C(=O)C3=COCCC3)c(C)nc2s1. The van der Waals surface area contributed by atoms with Crippen molar-refractivity contribution in [3.8, 4) is 0 Å². The second kappa shape index (κ2) is 5.52. The van der Waals surface area contributed by atoms with E-state index in [0.29, 0.717) is 13.2 Å². The van der Waals surface area contributed by atoms with Crippen molar-refractivity contribution in [1.82, 2.24) is 14.3 Å². The molecule has 0 saturated heterocycles. The lowest BCUT2D eigenvalue weighted by Crippen LogP contribution is -2.29. The van der Waals surface area contributed by atoms with Crippen molar-refractivity contribution in [2.75, 3.05) is 13.7 Å². The molecule has 1 aliphatic rings. The minimum absolute atomic E-state index is 0.0380. The van der Waals surface area contributed by atoms with Gasteiger partial charge in [-0.25, -0.2) is 4.98 Å². The van der Waals surface area contributed by atoms with E-state index in [1.165, 1.54) is 4.88 Å². The van der Waals surface area contributed by atoms with Gasteiger partial charge >= 0.3 is 0 Å². The van der Waals surface area contributed by atoms with Gasteiger partial charge in [0.25, 0.3) is 5.91 Å². The second-order valence-electron chi connectivity index (χ2n) is 5.42. The van der Waals surface area contributed by atoms with Crippen LogP contribution in [-0.2, 0) is 16.1 Å². The molecular weight excluding hydrogens is 286 g/mol. The monoisotopic (exact) mass is 305 g/mol. The van der Waals surface area contributed by atoms with Gasteiger partial charge in [-0.05, 0) is 26.7 Å². The number of fused-ring (bicyclic) bond motifs is 1. The Kier molecular flexibility index (Phi) is 3.71. The number of aryl methyl sites for hydroxylation is 2. The standard InChI is InChI=1S/C15H19N3O2S/c1-10-7-18-13(11(2)16-15(18)21-10)8-17(3)14(19)12-5-4-6-20-9-12/h7,9H,4-6,8H2,1-3H3. The summed E-state index contributed by atoms with van der Waals surface area (Å²) in [6, 6.07) is 0. The minimum atomic E-state index is 0.0380. The molecule has 2 aromatic rings. The number of ether oxygens (including phenoxy) is 1. The molecule has 21 heavy (non-hydrogen) atoms. The fraction of sp³-hybridized carbons (Fsp3) is 0.467. The fourth-order valence-electron chi connectivity index (χ4n) is 2.56. The first kappa shape index (κ1) is 14.1. The Labute approximate surface area is 127 Å². The van der Waals surface area contributed by atoms with Crippen LogP contribution in [0, 0.1) is 13.8 Å². The van der Waals surface area contributed by atoms with E-state index < -0.39 is 0 Å². The third kappa shape index (κ3) is 2.68. The first-order valence-corrected chi connectivity index (χ1v) is 7.88. The van der Waals surface area contributed by atoms with E-state index in [2.05, 4.69) is 22.5 Å². The van der Waals surface area contributed by atoms with Gasteiger partial charge in [0.2, 0.25) is 0 Å². The van der Waals surface area contributed by atoms with Crippen LogP contribution in [0.4, 0.5) is 0 Å². The van der Waals surface area contributed by atoms with Gasteiger partial charge in [-0.2, -0.15) is 0 Å². The van der Waals surface area contributed by atoms with Crippen LogP contribution in [-0.4, -0.2) is 33.8 Å². The molecule has 0 N–H and O–H groups in total. The fourth-order valence-corrected chi connectivity index (χ4v) is 3.45. The molecule has 0 unspecified atom stereocenters. The molecule has 3 rings (SSSR count). The maximum atomic E-state index is 12.4. The molecule has 5 nitrogen and oxygen atoms in total. The van der Waals surface area contributed by atoms with Gasteiger partial charge in [-0.1, -0.05) is 0 Å². The maximum absolute atomic E-state index is 12.4. The molecule has 2 aromatic heterocycles. The molecule has 0 bridgehead atoms. The maximum Gasteiger partial charge on any atom is 0.252 e. The highest BCUT2D eigenvalue weighted by molar-refractivity contribution is 7.17. The molecule has 0 saturated carbocycles. The number of thiazole rings is 1. The lowest BCUT2D eigenvalue weighted by Gasteiger charge is -2.21. The number of hydrogen-bond acceptors (Lipinski definition) is 4. The molecule has 1 aliphatic heterocycles. The largest absolute Gasteiger partial charge is 0.501 e. The number of amides is 1. The summed E-state index contributed by atoms with van der Waals surface area (Å²) < 4.78 is 7.35. The highest BCUT2D eigenvalue weighted by atomic mass is 32.1. The van der Waals surface area contributed by atoms with Crippen LogP contribution >= 0.6 is 11.3 Å². The average Bonchev–Trinajstić information content (AvgIpc) is 2.96. The normalized spacial score (nSPS) is 14.9. The van der Waals surface area contributed by atoms with Gasteiger partial charge in [-0.15, -0.1) is 11.3 Å². The van der Waals surface area contributed by atoms with Crippen LogP contribution in [0.15, 0.2) is 18.0 Å². The Morgan fingerprint density at radius 1 is 1.52 bits per heavy atom. The number of aromatic nitrogens is 2. The van der Waals surface area contributed by atoms with Crippen LogP contribution < -0.4 is 0 Å². The second-order valence-corrected chi connectivity index (χ2v) is 6.63. The molecule has 112 valence electrons. The van der Waals surface area contributed by atoms with Crippen LogP contribution in [0.2, 0.25) is 0 Å². The van der Waals surface area contributed by atoms with Crippen LogP contribution in [0.25, 0.3) is 4.96 Å². The summed E-state index contributed by atoms with van der Waals surface area (Å²) in [5.41, 5.74) is 2.81. The number of likely N-dealkylation sites (N-methyl/N-ethyl adjacent to an activating group) is 1. The van der Waals surface area contributed by atoms with Gasteiger partial charge in [0.1, 0.15) is 0 Å².